The molecule has 1 aromatic rings. The topological polar surface area (TPSA) is 58.2 Å². The highest BCUT2D eigenvalue weighted by Gasteiger charge is 2.13. The number of hydrazine groups is 1. The lowest BCUT2D eigenvalue weighted by molar-refractivity contribution is -0.127. The molecule has 4 nitrogen and oxygen atoms in total. The number of hydrogen-bond acceptors (Lipinski definition) is 2. The molecule has 2 amide bonds. The number of carbonyl (C=O) groups excluding carboxylic acids is 2. The quantitative estimate of drug-likeness (QED) is 0.628. The molecule has 0 bridgehead atoms. The van der Waals surface area contributed by atoms with Gasteiger partial charge in [-0.1, -0.05) is 6.07 Å². The molecule has 92 valence electrons. The molecule has 0 atom stereocenters. The predicted molar refractivity (Wildman–Crippen MR) is 57.1 cm³/mol. The third kappa shape index (κ3) is 3.99. The number of hydrogen-bond donors (Lipinski definition) is 2. The molecule has 0 unspecified atom stereocenters. The van der Waals surface area contributed by atoms with Crippen molar-refractivity contribution in [2.24, 2.45) is 0 Å². The fraction of sp³-hybridized carbons (Fsp3) is 0.200. The predicted octanol–water partition coefficient (Wildman–Crippen LogP) is 0.893. The van der Waals surface area contributed by atoms with Crippen molar-refractivity contribution in [2.75, 3.05) is 5.88 Å². The van der Waals surface area contributed by atoms with E-state index in [4.69, 9.17) is 11.6 Å². The Morgan fingerprint density at radius 1 is 1.12 bits per heavy atom. The van der Waals surface area contributed by atoms with E-state index in [1.165, 1.54) is 6.07 Å². The zero-order valence-corrected chi connectivity index (χ0v) is 9.35. The van der Waals surface area contributed by atoms with Crippen LogP contribution in [0.3, 0.4) is 0 Å². The molecule has 2 N–H and O–H groups in total. The van der Waals surface area contributed by atoms with Crippen molar-refractivity contribution in [3.63, 3.8) is 0 Å². The maximum Gasteiger partial charge on any atom is 0.253 e. The van der Waals surface area contributed by atoms with Gasteiger partial charge < -0.3 is 0 Å². The summed E-state index contributed by atoms with van der Waals surface area (Å²) >= 11 is 5.16. The highest BCUT2D eigenvalue weighted by molar-refractivity contribution is 6.27. The van der Waals surface area contributed by atoms with Gasteiger partial charge in [0, 0.05) is 5.56 Å². The Labute approximate surface area is 101 Å². The lowest BCUT2D eigenvalue weighted by Crippen LogP contribution is -2.43. The number of rotatable bonds is 3. The van der Waals surface area contributed by atoms with Crippen LogP contribution in [-0.2, 0) is 16.0 Å². The van der Waals surface area contributed by atoms with Crippen molar-refractivity contribution in [3.8, 4) is 0 Å². The van der Waals surface area contributed by atoms with Gasteiger partial charge in [-0.2, -0.15) is 0 Å². The lowest BCUT2D eigenvalue weighted by Gasteiger charge is -2.07. The smallest absolute Gasteiger partial charge is 0.253 e. The van der Waals surface area contributed by atoms with Crippen LogP contribution in [0.4, 0.5) is 8.78 Å². The zero-order valence-electron chi connectivity index (χ0n) is 8.60. The Morgan fingerprint density at radius 3 is 2.18 bits per heavy atom. The summed E-state index contributed by atoms with van der Waals surface area (Å²) in [4.78, 5) is 21.9. The van der Waals surface area contributed by atoms with Gasteiger partial charge in [-0.15, -0.1) is 11.6 Å². The minimum atomic E-state index is -0.816. The summed E-state index contributed by atoms with van der Waals surface area (Å²) < 4.78 is 26.3. The monoisotopic (exact) mass is 262 g/mol. The molecule has 0 aliphatic heterocycles. The minimum Gasteiger partial charge on any atom is -0.273 e. The van der Waals surface area contributed by atoms with E-state index in [1.54, 1.807) is 0 Å². The van der Waals surface area contributed by atoms with Gasteiger partial charge >= 0.3 is 0 Å². The van der Waals surface area contributed by atoms with Gasteiger partial charge in [0.25, 0.3) is 5.91 Å². The van der Waals surface area contributed by atoms with Gasteiger partial charge in [-0.25, -0.2) is 8.78 Å². The van der Waals surface area contributed by atoms with E-state index in [2.05, 4.69) is 0 Å². The normalized spacial score (nSPS) is 9.82. The van der Waals surface area contributed by atoms with Crippen LogP contribution >= 0.6 is 11.6 Å². The van der Waals surface area contributed by atoms with Gasteiger partial charge in [-0.05, 0) is 12.1 Å². The second-order valence-electron chi connectivity index (χ2n) is 3.11. The molecule has 0 heterocycles. The van der Waals surface area contributed by atoms with Gasteiger partial charge in [0.1, 0.15) is 17.5 Å². The van der Waals surface area contributed by atoms with Gasteiger partial charge in [-0.3, -0.25) is 20.4 Å². The first-order valence-electron chi connectivity index (χ1n) is 4.61. The summed E-state index contributed by atoms with van der Waals surface area (Å²) in [5.41, 5.74) is 3.60. The summed E-state index contributed by atoms with van der Waals surface area (Å²) in [6.07, 6.45) is -0.513. The molecule has 0 saturated carbocycles. The van der Waals surface area contributed by atoms with Crippen LogP contribution in [0.15, 0.2) is 18.2 Å². The van der Waals surface area contributed by atoms with E-state index in [9.17, 15) is 18.4 Å². The Kier molecular flexibility index (Phi) is 4.84. The van der Waals surface area contributed by atoms with Crippen LogP contribution in [0, 0.1) is 11.6 Å². The average molecular weight is 263 g/mol. The van der Waals surface area contributed by atoms with E-state index < -0.39 is 29.9 Å². The fourth-order valence-electron chi connectivity index (χ4n) is 1.08. The van der Waals surface area contributed by atoms with Crippen LogP contribution < -0.4 is 10.9 Å². The average Bonchev–Trinajstić information content (AvgIpc) is 2.31. The van der Waals surface area contributed by atoms with Crippen molar-refractivity contribution in [1.29, 1.82) is 0 Å². The summed E-state index contributed by atoms with van der Waals surface area (Å²) in [5.74, 6) is -3.32. The van der Waals surface area contributed by atoms with Crippen LogP contribution in [0.1, 0.15) is 5.56 Å². The summed E-state index contributed by atoms with van der Waals surface area (Å²) in [7, 11) is 0. The van der Waals surface area contributed by atoms with E-state index >= 15 is 0 Å². The van der Waals surface area contributed by atoms with Crippen molar-refractivity contribution < 1.29 is 18.4 Å². The maximum atomic E-state index is 13.1. The van der Waals surface area contributed by atoms with Crippen LogP contribution in [0.25, 0.3) is 0 Å². The Balaban J connectivity index is 2.59. The molecule has 0 aliphatic carbocycles. The summed E-state index contributed by atoms with van der Waals surface area (Å²) in [6.45, 7) is 0. The SMILES string of the molecule is O=C(CCl)NNC(=O)Cc1c(F)cccc1F. The van der Waals surface area contributed by atoms with Gasteiger partial charge in [0.15, 0.2) is 0 Å². The Bertz CT molecular complexity index is 420. The third-order valence-electron chi connectivity index (χ3n) is 1.86. The van der Waals surface area contributed by atoms with Crippen molar-refractivity contribution in [2.45, 2.75) is 6.42 Å². The fourth-order valence-corrected chi connectivity index (χ4v) is 1.15. The molecule has 0 aliphatic rings. The minimum absolute atomic E-state index is 0.325. The lowest BCUT2D eigenvalue weighted by atomic mass is 10.1. The van der Waals surface area contributed by atoms with E-state index in [0.717, 1.165) is 12.1 Å². The third-order valence-corrected chi connectivity index (χ3v) is 2.10. The number of benzene rings is 1. The second-order valence-corrected chi connectivity index (χ2v) is 3.37. The molecule has 0 aromatic heterocycles. The van der Waals surface area contributed by atoms with E-state index in [1.807, 2.05) is 10.9 Å². The largest absolute Gasteiger partial charge is 0.273 e. The van der Waals surface area contributed by atoms with Crippen LogP contribution in [-0.4, -0.2) is 17.7 Å². The molecule has 7 heteroatoms. The molecular formula is C10H9ClF2N2O2. The Hall–Kier alpha value is -1.69. The van der Waals surface area contributed by atoms with E-state index in [-0.39, 0.29) is 11.4 Å². The number of amides is 2. The second kappa shape index (κ2) is 6.15. The Morgan fingerprint density at radius 2 is 1.65 bits per heavy atom. The molecule has 1 rings (SSSR count). The van der Waals surface area contributed by atoms with E-state index in [0.29, 0.717) is 0 Å². The molecule has 0 spiro atoms. The van der Waals surface area contributed by atoms with Crippen molar-refractivity contribution in [1.82, 2.24) is 10.9 Å². The summed E-state index contributed by atoms with van der Waals surface area (Å²) in [5, 5.41) is 0. The van der Waals surface area contributed by atoms with Crippen LogP contribution in [0.2, 0.25) is 0 Å². The van der Waals surface area contributed by atoms with Gasteiger partial charge in [0.2, 0.25) is 5.91 Å². The first-order chi connectivity index (χ1) is 8.04. The zero-order chi connectivity index (χ0) is 12.8. The molecule has 17 heavy (non-hydrogen) atoms. The number of carbonyl (C=O) groups is 2. The van der Waals surface area contributed by atoms with Crippen molar-refractivity contribution in [3.05, 3.63) is 35.4 Å². The highest BCUT2D eigenvalue weighted by atomic mass is 35.5. The number of halogens is 3. The molecule has 1 aromatic carbocycles. The first-order valence-corrected chi connectivity index (χ1v) is 5.14. The number of nitrogens with one attached hydrogen (secondary N) is 2. The molecule has 0 radical (unpaired) electrons. The standard InChI is InChI=1S/C10H9ClF2N2O2/c11-5-10(17)15-14-9(16)4-6-7(12)2-1-3-8(6)13/h1-3H,4-5H2,(H,14,16)(H,15,17). The number of alkyl halides is 1. The molecular weight excluding hydrogens is 254 g/mol. The summed E-state index contributed by atoms with van der Waals surface area (Å²) in [6, 6.07) is 3.29. The molecule has 0 fully saturated rings. The highest BCUT2D eigenvalue weighted by Crippen LogP contribution is 2.12. The van der Waals surface area contributed by atoms with Crippen molar-refractivity contribution >= 4 is 23.4 Å². The van der Waals surface area contributed by atoms with Gasteiger partial charge in [0.05, 0.1) is 6.42 Å². The maximum absolute atomic E-state index is 13.1. The first kappa shape index (κ1) is 13.4. The molecule has 0 saturated heterocycles. The van der Waals surface area contributed by atoms with Crippen LogP contribution in [0.5, 0.6) is 0 Å².